The summed E-state index contributed by atoms with van der Waals surface area (Å²) >= 11 is 0. The number of nitrogens with zero attached hydrogens (tertiary/aromatic N) is 2. The van der Waals surface area contributed by atoms with Crippen molar-refractivity contribution < 1.29 is 13.9 Å². The molecule has 6 heteroatoms. The Hall–Kier alpha value is -3.93. The van der Waals surface area contributed by atoms with Gasteiger partial charge >= 0.3 is 0 Å². The second kappa shape index (κ2) is 8.21. The van der Waals surface area contributed by atoms with Crippen LogP contribution in [0.3, 0.4) is 0 Å². The molecule has 1 aromatic heterocycles. The zero-order valence-corrected chi connectivity index (χ0v) is 16.6. The molecule has 0 saturated heterocycles. The molecule has 0 radical (unpaired) electrons. The molecule has 30 heavy (non-hydrogen) atoms. The fourth-order valence-corrected chi connectivity index (χ4v) is 3.09. The van der Waals surface area contributed by atoms with E-state index in [1.54, 1.807) is 30.1 Å². The van der Waals surface area contributed by atoms with Gasteiger partial charge in [0.1, 0.15) is 17.3 Å². The number of aryl methyl sites for hydroxylation is 1. The number of anilines is 1. The van der Waals surface area contributed by atoms with Crippen LogP contribution in [0.4, 0.5) is 10.1 Å². The van der Waals surface area contributed by atoms with Gasteiger partial charge in [-0.25, -0.2) is 9.07 Å². The summed E-state index contributed by atoms with van der Waals surface area (Å²) in [5.74, 6) is 0.0371. The zero-order valence-electron chi connectivity index (χ0n) is 16.6. The summed E-state index contributed by atoms with van der Waals surface area (Å²) in [5, 5.41) is 7.52. The van der Waals surface area contributed by atoms with E-state index < -0.39 is 0 Å². The van der Waals surface area contributed by atoms with E-state index in [4.69, 9.17) is 4.74 Å². The third kappa shape index (κ3) is 4.07. The molecule has 4 aromatic rings. The minimum atomic E-state index is -0.337. The second-order valence-electron chi connectivity index (χ2n) is 6.86. The molecular formula is C24H20FN3O2. The summed E-state index contributed by atoms with van der Waals surface area (Å²) in [6, 6.07) is 20.8. The van der Waals surface area contributed by atoms with Crippen LogP contribution in [-0.4, -0.2) is 22.8 Å². The molecule has 0 saturated carbocycles. The van der Waals surface area contributed by atoms with Crippen molar-refractivity contribution >= 4 is 11.6 Å². The summed E-state index contributed by atoms with van der Waals surface area (Å²) in [5.41, 5.74) is 4.08. The van der Waals surface area contributed by atoms with Gasteiger partial charge in [0.25, 0.3) is 5.91 Å². The molecule has 5 nitrogen and oxygen atoms in total. The average molecular weight is 401 g/mol. The van der Waals surface area contributed by atoms with E-state index in [0.717, 1.165) is 11.1 Å². The molecule has 4 rings (SSSR count). The maximum Gasteiger partial charge on any atom is 0.259 e. The van der Waals surface area contributed by atoms with E-state index in [2.05, 4.69) is 10.4 Å². The molecule has 0 bridgehead atoms. The van der Waals surface area contributed by atoms with E-state index in [9.17, 15) is 9.18 Å². The minimum Gasteiger partial charge on any atom is -0.497 e. The van der Waals surface area contributed by atoms with Gasteiger partial charge in [0.15, 0.2) is 0 Å². The van der Waals surface area contributed by atoms with E-state index in [-0.39, 0.29) is 11.7 Å². The van der Waals surface area contributed by atoms with Gasteiger partial charge in [-0.3, -0.25) is 4.79 Å². The Labute approximate surface area is 173 Å². The smallest absolute Gasteiger partial charge is 0.259 e. The van der Waals surface area contributed by atoms with Gasteiger partial charge in [0, 0.05) is 17.4 Å². The molecule has 1 heterocycles. The molecule has 0 fully saturated rings. The average Bonchev–Trinajstić information content (AvgIpc) is 3.21. The zero-order chi connectivity index (χ0) is 21.1. The number of aromatic nitrogens is 2. The Bertz CT molecular complexity index is 1180. The molecular weight excluding hydrogens is 381 g/mol. The predicted octanol–water partition coefficient (Wildman–Crippen LogP) is 5.25. The topological polar surface area (TPSA) is 56.2 Å². The van der Waals surface area contributed by atoms with E-state index in [0.29, 0.717) is 28.4 Å². The fourth-order valence-electron chi connectivity index (χ4n) is 3.09. The van der Waals surface area contributed by atoms with E-state index in [1.807, 2.05) is 55.5 Å². The Kier molecular flexibility index (Phi) is 5.30. The number of ether oxygens (including phenoxy) is 1. The van der Waals surface area contributed by atoms with Crippen LogP contribution in [-0.2, 0) is 0 Å². The molecule has 0 aliphatic heterocycles. The van der Waals surface area contributed by atoms with Crippen LogP contribution in [0.25, 0.3) is 16.9 Å². The van der Waals surface area contributed by atoms with Crippen molar-refractivity contribution in [2.75, 3.05) is 12.4 Å². The third-order valence-corrected chi connectivity index (χ3v) is 4.70. The number of carbonyl (C=O) groups excluding carboxylic acids is 1. The van der Waals surface area contributed by atoms with Crippen LogP contribution in [0.2, 0.25) is 0 Å². The van der Waals surface area contributed by atoms with Gasteiger partial charge in [-0.2, -0.15) is 5.10 Å². The Morgan fingerprint density at radius 3 is 2.47 bits per heavy atom. The number of carbonyl (C=O) groups is 1. The molecule has 0 spiro atoms. The lowest BCUT2D eigenvalue weighted by atomic mass is 10.1. The monoisotopic (exact) mass is 401 g/mol. The molecule has 150 valence electrons. The highest BCUT2D eigenvalue weighted by Gasteiger charge is 2.19. The number of nitrogens with one attached hydrogen (secondary N) is 1. The standard InChI is InChI=1S/C24H20FN3O2/c1-16-6-10-19(11-7-16)26-24(29)22-15-28(20-12-8-18(25)9-13-20)27-23(22)17-4-3-5-21(14-17)30-2/h3-15H,1-2H3,(H,26,29). The number of amides is 1. The van der Waals surface area contributed by atoms with Crippen LogP contribution in [0.15, 0.2) is 79.0 Å². The predicted molar refractivity (Wildman–Crippen MR) is 115 cm³/mol. The Morgan fingerprint density at radius 2 is 1.77 bits per heavy atom. The lowest BCUT2D eigenvalue weighted by Gasteiger charge is -2.07. The first-order chi connectivity index (χ1) is 14.5. The van der Waals surface area contributed by atoms with Gasteiger partial charge in [0.2, 0.25) is 0 Å². The third-order valence-electron chi connectivity index (χ3n) is 4.70. The van der Waals surface area contributed by atoms with Crippen LogP contribution in [0.1, 0.15) is 15.9 Å². The number of methoxy groups -OCH3 is 1. The van der Waals surface area contributed by atoms with Crippen LogP contribution >= 0.6 is 0 Å². The fraction of sp³-hybridized carbons (Fsp3) is 0.0833. The number of rotatable bonds is 5. The van der Waals surface area contributed by atoms with E-state index in [1.165, 1.54) is 12.1 Å². The van der Waals surface area contributed by atoms with Crippen molar-refractivity contribution in [1.29, 1.82) is 0 Å². The highest BCUT2D eigenvalue weighted by atomic mass is 19.1. The SMILES string of the molecule is COc1cccc(-c2nn(-c3ccc(F)cc3)cc2C(=O)Nc2ccc(C)cc2)c1. The molecule has 3 aromatic carbocycles. The first kappa shape index (κ1) is 19.4. The van der Waals surface area contributed by atoms with Gasteiger partial charge in [0.05, 0.1) is 18.4 Å². The Morgan fingerprint density at radius 1 is 1.03 bits per heavy atom. The maximum atomic E-state index is 13.3. The maximum absolute atomic E-state index is 13.3. The van der Waals surface area contributed by atoms with E-state index >= 15 is 0 Å². The second-order valence-corrected chi connectivity index (χ2v) is 6.86. The van der Waals surface area contributed by atoms with Crippen LogP contribution in [0.5, 0.6) is 5.75 Å². The summed E-state index contributed by atoms with van der Waals surface area (Å²) < 4.78 is 20.2. The van der Waals surface area contributed by atoms with Crippen LogP contribution in [0, 0.1) is 12.7 Å². The lowest BCUT2D eigenvalue weighted by Crippen LogP contribution is -2.12. The van der Waals surface area contributed by atoms with Crippen molar-refractivity contribution in [3.8, 4) is 22.7 Å². The normalized spacial score (nSPS) is 10.6. The van der Waals surface area contributed by atoms with Gasteiger partial charge in [-0.1, -0.05) is 29.8 Å². The van der Waals surface area contributed by atoms with Crippen LogP contribution < -0.4 is 10.1 Å². The van der Waals surface area contributed by atoms with Gasteiger partial charge in [-0.15, -0.1) is 0 Å². The molecule has 0 atom stereocenters. The van der Waals surface area contributed by atoms with Crippen molar-refractivity contribution in [2.24, 2.45) is 0 Å². The lowest BCUT2D eigenvalue weighted by molar-refractivity contribution is 0.102. The Balaban J connectivity index is 1.77. The molecule has 0 aliphatic rings. The number of halogens is 1. The van der Waals surface area contributed by atoms with Gasteiger partial charge < -0.3 is 10.1 Å². The quantitative estimate of drug-likeness (QED) is 0.497. The highest BCUT2D eigenvalue weighted by molar-refractivity contribution is 6.08. The molecule has 1 amide bonds. The number of hydrogen-bond acceptors (Lipinski definition) is 3. The number of hydrogen-bond donors (Lipinski definition) is 1. The largest absolute Gasteiger partial charge is 0.497 e. The van der Waals surface area contributed by atoms with Crippen molar-refractivity contribution in [2.45, 2.75) is 6.92 Å². The molecule has 0 aliphatic carbocycles. The molecule has 1 N–H and O–H groups in total. The summed E-state index contributed by atoms with van der Waals surface area (Å²) in [6.45, 7) is 1.99. The summed E-state index contributed by atoms with van der Waals surface area (Å²) in [7, 11) is 1.58. The van der Waals surface area contributed by atoms with Crippen molar-refractivity contribution in [3.05, 3.63) is 95.9 Å². The number of benzene rings is 3. The first-order valence-corrected chi connectivity index (χ1v) is 9.41. The molecule has 0 unspecified atom stereocenters. The van der Waals surface area contributed by atoms with Gasteiger partial charge in [-0.05, 0) is 55.5 Å². The minimum absolute atomic E-state index is 0.287. The highest BCUT2D eigenvalue weighted by Crippen LogP contribution is 2.27. The first-order valence-electron chi connectivity index (χ1n) is 9.41. The summed E-state index contributed by atoms with van der Waals surface area (Å²) in [6.07, 6.45) is 1.64. The van der Waals surface area contributed by atoms with Crippen molar-refractivity contribution in [3.63, 3.8) is 0 Å². The van der Waals surface area contributed by atoms with Crippen molar-refractivity contribution in [1.82, 2.24) is 9.78 Å². The summed E-state index contributed by atoms with van der Waals surface area (Å²) in [4.78, 5) is 13.1.